The van der Waals surface area contributed by atoms with Gasteiger partial charge >= 0.3 is 0 Å². The minimum absolute atomic E-state index is 0.0505. The standard InChI is InChI=1S/C18H18ClNO4/c1-11-5-14(6-12(2)18(11)19)22-9-17(21)20-8-13-3-4-15-16(7-13)24-10-23-15/h3-7H,8-10H2,1-2H3,(H,20,21). The second-order valence-electron chi connectivity index (χ2n) is 5.62. The molecule has 5 nitrogen and oxygen atoms in total. The number of halogens is 1. The molecule has 1 amide bonds. The molecule has 24 heavy (non-hydrogen) atoms. The van der Waals surface area contributed by atoms with Crippen molar-refractivity contribution in [2.45, 2.75) is 20.4 Å². The summed E-state index contributed by atoms with van der Waals surface area (Å²) in [6.45, 7) is 4.39. The summed E-state index contributed by atoms with van der Waals surface area (Å²) in [6, 6.07) is 9.22. The highest BCUT2D eigenvalue weighted by Gasteiger charge is 2.13. The molecule has 0 saturated carbocycles. The van der Waals surface area contributed by atoms with E-state index >= 15 is 0 Å². The van der Waals surface area contributed by atoms with Crippen LogP contribution in [0, 0.1) is 13.8 Å². The number of fused-ring (bicyclic) bond motifs is 1. The lowest BCUT2D eigenvalue weighted by molar-refractivity contribution is -0.123. The molecule has 1 aliphatic rings. The van der Waals surface area contributed by atoms with E-state index in [1.165, 1.54) is 0 Å². The summed E-state index contributed by atoms with van der Waals surface area (Å²) in [5.41, 5.74) is 2.78. The summed E-state index contributed by atoms with van der Waals surface area (Å²) in [4.78, 5) is 11.9. The second kappa shape index (κ2) is 7.01. The highest BCUT2D eigenvalue weighted by molar-refractivity contribution is 6.32. The Morgan fingerprint density at radius 1 is 1.17 bits per heavy atom. The molecule has 0 aliphatic carbocycles. The molecule has 0 aromatic heterocycles. The lowest BCUT2D eigenvalue weighted by atomic mass is 10.1. The first-order chi connectivity index (χ1) is 11.5. The van der Waals surface area contributed by atoms with Crippen LogP contribution in [0.3, 0.4) is 0 Å². The maximum absolute atomic E-state index is 11.9. The van der Waals surface area contributed by atoms with Gasteiger partial charge in [0.1, 0.15) is 5.75 Å². The van der Waals surface area contributed by atoms with E-state index in [4.69, 9.17) is 25.8 Å². The van der Waals surface area contributed by atoms with E-state index in [9.17, 15) is 4.79 Å². The van der Waals surface area contributed by atoms with E-state index in [0.29, 0.717) is 18.0 Å². The molecule has 1 N–H and O–H groups in total. The van der Waals surface area contributed by atoms with Gasteiger partial charge in [-0.1, -0.05) is 17.7 Å². The molecule has 0 fully saturated rings. The number of rotatable bonds is 5. The SMILES string of the molecule is Cc1cc(OCC(=O)NCc2ccc3c(c2)OCO3)cc(C)c1Cl. The molecule has 1 heterocycles. The Bertz CT molecular complexity index is 753. The molecule has 3 rings (SSSR count). The minimum atomic E-state index is -0.196. The maximum Gasteiger partial charge on any atom is 0.258 e. The van der Waals surface area contributed by atoms with E-state index in [0.717, 1.165) is 27.5 Å². The Hall–Kier alpha value is -2.40. The molecule has 126 valence electrons. The maximum atomic E-state index is 11.9. The highest BCUT2D eigenvalue weighted by Crippen LogP contribution is 2.32. The molecule has 0 spiro atoms. The van der Waals surface area contributed by atoms with Gasteiger partial charge in [-0.3, -0.25) is 4.79 Å². The van der Waals surface area contributed by atoms with Gasteiger partial charge in [-0.05, 0) is 54.8 Å². The van der Waals surface area contributed by atoms with Crippen LogP contribution in [0.1, 0.15) is 16.7 Å². The molecule has 1 aliphatic heterocycles. The van der Waals surface area contributed by atoms with Gasteiger partial charge in [0.15, 0.2) is 18.1 Å². The number of aryl methyl sites for hydroxylation is 2. The van der Waals surface area contributed by atoms with Gasteiger partial charge in [0.2, 0.25) is 6.79 Å². The van der Waals surface area contributed by atoms with E-state index in [1.54, 1.807) is 0 Å². The van der Waals surface area contributed by atoms with Crippen molar-refractivity contribution >= 4 is 17.5 Å². The number of nitrogens with one attached hydrogen (secondary N) is 1. The van der Waals surface area contributed by atoms with Crippen LogP contribution in [0.4, 0.5) is 0 Å². The number of hydrogen-bond acceptors (Lipinski definition) is 4. The average molecular weight is 348 g/mol. The monoisotopic (exact) mass is 347 g/mol. The van der Waals surface area contributed by atoms with Crippen molar-refractivity contribution in [2.75, 3.05) is 13.4 Å². The molecular weight excluding hydrogens is 330 g/mol. The third-order valence-corrected chi connectivity index (χ3v) is 4.30. The van der Waals surface area contributed by atoms with E-state index in [-0.39, 0.29) is 19.3 Å². The van der Waals surface area contributed by atoms with Gasteiger partial charge in [0.25, 0.3) is 5.91 Å². The Labute approximate surface area is 145 Å². The van der Waals surface area contributed by atoms with Crippen molar-refractivity contribution < 1.29 is 19.0 Å². The molecule has 0 atom stereocenters. The van der Waals surface area contributed by atoms with Crippen molar-refractivity contribution in [1.82, 2.24) is 5.32 Å². The van der Waals surface area contributed by atoms with E-state index in [1.807, 2.05) is 44.2 Å². The van der Waals surface area contributed by atoms with E-state index in [2.05, 4.69) is 5.32 Å². The lowest BCUT2D eigenvalue weighted by Gasteiger charge is -2.10. The summed E-state index contributed by atoms with van der Waals surface area (Å²) in [6.07, 6.45) is 0. The zero-order chi connectivity index (χ0) is 17.1. The third kappa shape index (κ3) is 3.74. The zero-order valence-corrected chi connectivity index (χ0v) is 14.3. The first-order valence-electron chi connectivity index (χ1n) is 7.57. The summed E-state index contributed by atoms with van der Waals surface area (Å²) >= 11 is 6.12. The fourth-order valence-electron chi connectivity index (χ4n) is 2.44. The Morgan fingerprint density at radius 3 is 2.62 bits per heavy atom. The molecule has 0 radical (unpaired) electrons. The number of carbonyl (C=O) groups excluding carboxylic acids is 1. The number of ether oxygens (including phenoxy) is 3. The lowest BCUT2D eigenvalue weighted by Crippen LogP contribution is -2.28. The quantitative estimate of drug-likeness (QED) is 0.900. The van der Waals surface area contributed by atoms with Crippen LogP contribution in [-0.2, 0) is 11.3 Å². The second-order valence-corrected chi connectivity index (χ2v) is 6.00. The summed E-state index contributed by atoms with van der Waals surface area (Å²) in [5, 5.41) is 3.53. The molecule has 0 unspecified atom stereocenters. The van der Waals surface area contributed by atoms with Crippen LogP contribution in [0.5, 0.6) is 17.2 Å². The number of benzene rings is 2. The van der Waals surface area contributed by atoms with Crippen LogP contribution in [0.2, 0.25) is 5.02 Å². The molecule has 2 aromatic carbocycles. The van der Waals surface area contributed by atoms with Crippen molar-refractivity contribution in [2.24, 2.45) is 0 Å². The zero-order valence-electron chi connectivity index (χ0n) is 13.5. The highest BCUT2D eigenvalue weighted by atomic mass is 35.5. The van der Waals surface area contributed by atoms with Gasteiger partial charge in [-0.25, -0.2) is 0 Å². The normalized spacial score (nSPS) is 12.1. The number of carbonyl (C=O) groups is 1. The van der Waals surface area contributed by atoms with Crippen molar-refractivity contribution in [3.8, 4) is 17.2 Å². The van der Waals surface area contributed by atoms with E-state index < -0.39 is 0 Å². The first kappa shape index (κ1) is 16.5. The Kier molecular flexibility index (Phi) is 4.81. The molecular formula is C18H18ClNO4. The molecule has 2 aromatic rings. The Morgan fingerprint density at radius 2 is 1.88 bits per heavy atom. The Balaban J connectivity index is 1.51. The summed E-state index contributed by atoms with van der Waals surface area (Å²) in [5.74, 6) is 1.86. The van der Waals surface area contributed by atoms with Gasteiger partial charge in [-0.2, -0.15) is 0 Å². The largest absolute Gasteiger partial charge is 0.484 e. The number of amides is 1. The van der Waals surface area contributed by atoms with Crippen LogP contribution >= 0.6 is 11.6 Å². The summed E-state index contributed by atoms with van der Waals surface area (Å²) < 4.78 is 16.1. The van der Waals surface area contributed by atoms with Crippen molar-refractivity contribution in [3.63, 3.8) is 0 Å². The number of hydrogen-bond donors (Lipinski definition) is 1. The van der Waals surface area contributed by atoms with Crippen molar-refractivity contribution in [1.29, 1.82) is 0 Å². The predicted molar refractivity (Wildman–Crippen MR) is 90.8 cm³/mol. The van der Waals surface area contributed by atoms with Gasteiger partial charge < -0.3 is 19.5 Å². The topological polar surface area (TPSA) is 56.8 Å². The van der Waals surface area contributed by atoms with Crippen LogP contribution < -0.4 is 19.5 Å². The first-order valence-corrected chi connectivity index (χ1v) is 7.95. The third-order valence-electron chi connectivity index (χ3n) is 3.71. The fourth-order valence-corrected chi connectivity index (χ4v) is 2.55. The van der Waals surface area contributed by atoms with Gasteiger partial charge in [0.05, 0.1) is 0 Å². The minimum Gasteiger partial charge on any atom is -0.484 e. The smallest absolute Gasteiger partial charge is 0.258 e. The molecule has 0 bridgehead atoms. The summed E-state index contributed by atoms with van der Waals surface area (Å²) in [7, 11) is 0. The van der Waals surface area contributed by atoms with Crippen molar-refractivity contribution in [3.05, 3.63) is 52.0 Å². The van der Waals surface area contributed by atoms with Crippen LogP contribution in [0.25, 0.3) is 0 Å². The fraction of sp³-hybridized carbons (Fsp3) is 0.278. The predicted octanol–water partition coefficient (Wildman–Crippen LogP) is 3.38. The van der Waals surface area contributed by atoms with Gasteiger partial charge in [0, 0.05) is 11.6 Å². The van der Waals surface area contributed by atoms with Crippen LogP contribution in [0.15, 0.2) is 30.3 Å². The van der Waals surface area contributed by atoms with Gasteiger partial charge in [-0.15, -0.1) is 0 Å². The van der Waals surface area contributed by atoms with Crippen LogP contribution in [-0.4, -0.2) is 19.3 Å². The average Bonchev–Trinajstić information content (AvgIpc) is 3.03. The molecule has 0 saturated heterocycles. The molecule has 6 heteroatoms.